The predicted molar refractivity (Wildman–Crippen MR) is 119 cm³/mol. The Morgan fingerprint density at radius 1 is 1.00 bits per heavy atom. The largest absolute Gasteiger partial charge is 0.379 e. The fraction of sp³-hybridized carbons (Fsp3) is 0.167. The molecule has 1 heterocycles. The second kappa shape index (κ2) is 7.04. The number of rotatable bonds is 3. The molecule has 0 aromatic heterocycles. The highest BCUT2D eigenvalue weighted by molar-refractivity contribution is 7.90. The Balaban J connectivity index is 1.65. The standard InChI is InChI=1S/C24H18ClNO4S/c1-31(28,29)19-12-8-15(9-13-19)21-22(16-6-10-18(25)11-7-16)26-30-24(21)14-17-4-2-3-5-20(17)23(24)27/h2-13,21H,14H2,1H3. The van der Waals surface area contributed by atoms with Crippen molar-refractivity contribution in [3.05, 3.63) is 100 Å². The summed E-state index contributed by atoms with van der Waals surface area (Å²) in [6.45, 7) is 0. The van der Waals surface area contributed by atoms with E-state index in [1.165, 1.54) is 6.26 Å². The number of sulfone groups is 1. The minimum Gasteiger partial charge on any atom is -0.379 e. The Kier molecular flexibility index (Phi) is 4.53. The van der Waals surface area contributed by atoms with Crippen LogP contribution in [0.1, 0.15) is 33.0 Å². The second-order valence-corrected chi connectivity index (χ2v) is 10.4. The van der Waals surface area contributed by atoms with Crippen LogP contribution in [0.4, 0.5) is 0 Å². The van der Waals surface area contributed by atoms with Gasteiger partial charge in [-0.25, -0.2) is 8.42 Å². The molecule has 31 heavy (non-hydrogen) atoms. The van der Waals surface area contributed by atoms with Crippen LogP contribution in [-0.2, 0) is 21.1 Å². The molecule has 0 bridgehead atoms. The number of fused-ring (bicyclic) bond motifs is 1. The molecule has 0 amide bonds. The topological polar surface area (TPSA) is 72.8 Å². The first kappa shape index (κ1) is 20.0. The summed E-state index contributed by atoms with van der Waals surface area (Å²) in [7, 11) is -3.34. The number of nitrogens with zero attached hydrogens (tertiary/aromatic N) is 1. The molecule has 156 valence electrons. The highest BCUT2D eigenvalue weighted by Gasteiger charge is 2.59. The van der Waals surface area contributed by atoms with E-state index in [2.05, 4.69) is 5.16 Å². The molecule has 1 aliphatic heterocycles. The van der Waals surface area contributed by atoms with Crippen molar-refractivity contribution in [1.82, 2.24) is 0 Å². The third-order valence-corrected chi connectivity index (χ3v) is 7.31. The number of carbonyl (C=O) groups excluding carboxylic acids is 1. The Bertz CT molecular complexity index is 1330. The zero-order valence-corrected chi connectivity index (χ0v) is 18.2. The van der Waals surface area contributed by atoms with Crippen molar-refractivity contribution in [2.24, 2.45) is 5.16 Å². The van der Waals surface area contributed by atoms with Gasteiger partial charge >= 0.3 is 0 Å². The third-order valence-electron chi connectivity index (χ3n) is 5.93. The average Bonchev–Trinajstić information content (AvgIpc) is 3.27. The minimum atomic E-state index is -3.34. The first-order valence-corrected chi connectivity index (χ1v) is 12.0. The lowest BCUT2D eigenvalue weighted by Gasteiger charge is -2.28. The van der Waals surface area contributed by atoms with Crippen molar-refractivity contribution in [2.45, 2.75) is 22.8 Å². The Labute approximate surface area is 185 Å². The maximum absolute atomic E-state index is 13.5. The summed E-state index contributed by atoms with van der Waals surface area (Å²) in [5.41, 5.74) is 2.52. The monoisotopic (exact) mass is 451 g/mol. The van der Waals surface area contributed by atoms with Gasteiger partial charge in [-0.15, -0.1) is 0 Å². The van der Waals surface area contributed by atoms with Crippen molar-refractivity contribution in [3.63, 3.8) is 0 Å². The maximum Gasteiger partial charge on any atom is 0.216 e. The van der Waals surface area contributed by atoms with E-state index < -0.39 is 21.4 Å². The van der Waals surface area contributed by atoms with Gasteiger partial charge in [-0.3, -0.25) is 4.79 Å². The van der Waals surface area contributed by atoms with E-state index >= 15 is 0 Å². The zero-order valence-electron chi connectivity index (χ0n) is 16.6. The van der Waals surface area contributed by atoms with Gasteiger partial charge in [0.15, 0.2) is 9.84 Å². The van der Waals surface area contributed by atoms with Crippen LogP contribution in [-0.4, -0.2) is 31.8 Å². The number of ketones is 1. The van der Waals surface area contributed by atoms with Gasteiger partial charge in [-0.05, 0) is 35.4 Å². The molecule has 5 rings (SSSR count). The molecule has 0 saturated heterocycles. The highest BCUT2D eigenvalue weighted by Crippen LogP contribution is 2.48. The molecule has 5 nitrogen and oxygen atoms in total. The quantitative estimate of drug-likeness (QED) is 0.590. The summed E-state index contributed by atoms with van der Waals surface area (Å²) in [4.78, 5) is 19.7. The van der Waals surface area contributed by atoms with Crippen LogP contribution in [0.25, 0.3) is 0 Å². The van der Waals surface area contributed by atoms with Crippen LogP contribution in [0, 0.1) is 0 Å². The molecule has 0 saturated carbocycles. The predicted octanol–water partition coefficient (Wildman–Crippen LogP) is 4.44. The normalized spacial score (nSPS) is 22.3. The molecule has 0 fully saturated rings. The average molecular weight is 452 g/mol. The van der Waals surface area contributed by atoms with Crippen molar-refractivity contribution < 1.29 is 18.0 Å². The van der Waals surface area contributed by atoms with Gasteiger partial charge in [0.2, 0.25) is 11.4 Å². The van der Waals surface area contributed by atoms with Crippen molar-refractivity contribution in [1.29, 1.82) is 0 Å². The molecule has 0 radical (unpaired) electrons. The minimum absolute atomic E-state index is 0.118. The number of carbonyl (C=O) groups is 1. The van der Waals surface area contributed by atoms with E-state index in [0.717, 1.165) is 16.7 Å². The summed E-state index contributed by atoms with van der Waals surface area (Å²) in [6, 6.07) is 21.3. The smallest absolute Gasteiger partial charge is 0.216 e. The molecule has 2 aliphatic rings. The van der Waals surface area contributed by atoms with Gasteiger partial charge in [0.1, 0.15) is 0 Å². The molecule has 1 spiro atoms. The van der Waals surface area contributed by atoms with Gasteiger partial charge in [0.05, 0.1) is 16.5 Å². The van der Waals surface area contributed by atoms with Crippen LogP contribution in [0.2, 0.25) is 5.02 Å². The Hall–Kier alpha value is -2.96. The van der Waals surface area contributed by atoms with Gasteiger partial charge in [-0.1, -0.05) is 65.3 Å². The molecule has 0 N–H and O–H groups in total. The number of halogens is 1. The van der Waals surface area contributed by atoms with Crippen molar-refractivity contribution >= 4 is 32.9 Å². The molecule has 2 unspecified atom stereocenters. The molecule has 3 aromatic carbocycles. The summed E-state index contributed by atoms with van der Waals surface area (Å²) in [6.07, 6.45) is 1.56. The Morgan fingerprint density at radius 2 is 1.68 bits per heavy atom. The number of Topliss-reactive ketones (excluding diaryl/α,β-unsaturated/α-hetero) is 1. The fourth-order valence-electron chi connectivity index (χ4n) is 4.43. The first-order chi connectivity index (χ1) is 14.8. The molecular weight excluding hydrogens is 434 g/mol. The summed E-state index contributed by atoms with van der Waals surface area (Å²) >= 11 is 6.05. The van der Waals surface area contributed by atoms with Crippen LogP contribution < -0.4 is 0 Å². The number of benzene rings is 3. The van der Waals surface area contributed by atoms with E-state index in [4.69, 9.17) is 16.4 Å². The van der Waals surface area contributed by atoms with E-state index in [0.29, 0.717) is 22.7 Å². The van der Waals surface area contributed by atoms with Gasteiger partial charge < -0.3 is 4.84 Å². The Morgan fingerprint density at radius 3 is 2.32 bits per heavy atom. The molecule has 1 aliphatic carbocycles. The van der Waals surface area contributed by atoms with E-state index in [1.54, 1.807) is 42.5 Å². The summed E-state index contributed by atoms with van der Waals surface area (Å²) < 4.78 is 23.8. The van der Waals surface area contributed by atoms with E-state index in [-0.39, 0.29) is 10.7 Å². The highest BCUT2D eigenvalue weighted by atomic mass is 35.5. The number of hydrogen-bond donors (Lipinski definition) is 0. The number of oxime groups is 1. The van der Waals surface area contributed by atoms with Crippen molar-refractivity contribution in [2.75, 3.05) is 6.26 Å². The van der Waals surface area contributed by atoms with Gasteiger partial charge in [0, 0.05) is 28.8 Å². The van der Waals surface area contributed by atoms with Crippen LogP contribution >= 0.6 is 11.6 Å². The molecule has 2 atom stereocenters. The van der Waals surface area contributed by atoms with Crippen LogP contribution in [0.15, 0.2) is 82.8 Å². The van der Waals surface area contributed by atoms with E-state index in [9.17, 15) is 13.2 Å². The van der Waals surface area contributed by atoms with Gasteiger partial charge in [-0.2, -0.15) is 0 Å². The van der Waals surface area contributed by atoms with Gasteiger partial charge in [0.25, 0.3) is 0 Å². The second-order valence-electron chi connectivity index (χ2n) is 7.90. The summed E-state index contributed by atoms with van der Waals surface area (Å²) in [5.74, 6) is -0.616. The lowest BCUT2D eigenvalue weighted by Crippen LogP contribution is -2.43. The molecule has 3 aromatic rings. The third kappa shape index (κ3) is 3.18. The van der Waals surface area contributed by atoms with Crippen LogP contribution in [0.5, 0.6) is 0 Å². The number of hydrogen-bond acceptors (Lipinski definition) is 5. The maximum atomic E-state index is 13.5. The fourth-order valence-corrected chi connectivity index (χ4v) is 5.18. The lowest BCUT2D eigenvalue weighted by molar-refractivity contribution is -0.00692. The zero-order chi connectivity index (χ0) is 21.8. The molecule has 7 heteroatoms. The van der Waals surface area contributed by atoms with Crippen molar-refractivity contribution in [3.8, 4) is 0 Å². The lowest BCUT2D eigenvalue weighted by atomic mass is 9.75. The molecular formula is C24H18ClNO4S. The first-order valence-electron chi connectivity index (χ1n) is 9.74. The SMILES string of the molecule is CS(=O)(=O)c1ccc(C2C(c3ccc(Cl)cc3)=NOC23Cc2ccccc2C3=O)cc1. The van der Waals surface area contributed by atoms with E-state index in [1.807, 2.05) is 30.3 Å². The summed E-state index contributed by atoms with van der Waals surface area (Å²) in [5, 5.41) is 4.96. The van der Waals surface area contributed by atoms with Crippen LogP contribution in [0.3, 0.4) is 0 Å².